The fourth-order valence-electron chi connectivity index (χ4n) is 2.15. The predicted molar refractivity (Wildman–Crippen MR) is 73.2 cm³/mol. The number of carbonyl (C=O) groups is 2. The van der Waals surface area contributed by atoms with Gasteiger partial charge in [0.25, 0.3) is 5.91 Å². The third-order valence-corrected chi connectivity index (χ3v) is 3.83. The maximum atomic E-state index is 12.3. The topological polar surface area (TPSA) is 110 Å². The van der Waals surface area contributed by atoms with Gasteiger partial charge in [0, 0.05) is 28.7 Å². The standard InChI is InChI=1S/C12H14BrN3O3/c13-8-2-1-6(3-9(8)14)12(19)16-5-7(17)4-10(16)11(15)18/h1-3,7,10,17H,4-5,14H2,(H2,15,18). The molecule has 2 amide bonds. The first-order valence-corrected chi connectivity index (χ1v) is 6.53. The molecule has 0 aromatic heterocycles. The van der Waals surface area contributed by atoms with Gasteiger partial charge in [-0.25, -0.2) is 0 Å². The van der Waals surface area contributed by atoms with Gasteiger partial charge in [-0.15, -0.1) is 0 Å². The van der Waals surface area contributed by atoms with Crippen LogP contribution in [0.25, 0.3) is 0 Å². The molecule has 2 rings (SSSR count). The van der Waals surface area contributed by atoms with Crippen LogP contribution in [0.3, 0.4) is 0 Å². The number of hydrogen-bond acceptors (Lipinski definition) is 4. The van der Waals surface area contributed by atoms with Crippen LogP contribution in [0.15, 0.2) is 22.7 Å². The Morgan fingerprint density at radius 1 is 1.42 bits per heavy atom. The molecule has 1 saturated heterocycles. The monoisotopic (exact) mass is 327 g/mol. The minimum atomic E-state index is -0.771. The normalized spacial score (nSPS) is 22.5. The number of aliphatic hydroxyl groups is 1. The van der Waals surface area contributed by atoms with Crippen molar-refractivity contribution < 1.29 is 14.7 Å². The van der Waals surface area contributed by atoms with E-state index in [2.05, 4.69) is 15.9 Å². The number of amides is 2. The van der Waals surface area contributed by atoms with Crippen molar-refractivity contribution in [1.29, 1.82) is 0 Å². The van der Waals surface area contributed by atoms with Crippen molar-refractivity contribution in [3.63, 3.8) is 0 Å². The Kier molecular flexibility index (Phi) is 3.77. The highest BCUT2D eigenvalue weighted by Crippen LogP contribution is 2.24. The third-order valence-electron chi connectivity index (χ3n) is 3.11. The summed E-state index contributed by atoms with van der Waals surface area (Å²) in [4.78, 5) is 24.9. The Hall–Kier alpha value is -1.60. The van der Waals surface area contributed by atoms with E-state index in [-0.39, 0.29) is 18.9 Å². The molecule has 1 aliphatic rings. The van der Waals surface area contributed by atoms with Crippen molar-refractivity contribution in [2.75, 3.05) is 12.3 Å². The number of β-amino-alcohol motifs (C(OH)–C–C–N with tert-alkyl or cyclic N) is 1. The van der Waals surface area contributed by atoms with Crippen LogP contribution in [0, 0.1) is 0 Å². The van der Waals surface area contributed by atoms with E-state index < -0.39 is 18.1 Å². The van der Waals surface area contributed by atoms with E-state index in [0.717, 1.165) is 0 Å². The number of hydrogen-bond donors (Lipinski definition) is 3. The highest BCUT2D eigenvalue weighted by Gasteiger charge is 2.38. The molecule has 1 fully saturated rings. The maximum absolute atomic E-state index is 12.3. The van der Waals surface area contributed by atoms with E-state index in [9.17, 15) is 14.7 Å². The molecule has 2 unspecified atom stereocenters. The number of nitrogens with two attached hydrogens (primary N) is 2. The summed E-state index contributed by atoms with van der Waals surface area (Å²) in [5, 5.41) is 9.58. The second-order valence-electron chi connectivity index (χ2n) is 4.50. The zero-order valence-corrected chi connectivity index (χ0v) is 11.6. The zero-order valence-electron chi connectivity index (χ0n) is 10.0. The summed E-state index contributed by atoms with van der Waals surface area (Å²) < 4.78 is 0.692. The van der Waals surface area contributed by atoms with Crippen LogP contribution in [0.5, 0.6) is 0 Å². The Morgan fingerprint density at radius 3 is 2.68 bits per heavy atom. The number of likely N-dealkylation sites (tertiary alicyclic amines) is 1. The average Bonchev–Trinajstić information content (AvgIpc) is 2.74. The first-order valence-electron chi connectivity index (χ1n) is 5.73. The van der Waals surface area contributed by atoms with Crippen LogP contribution in [0.4, 0.5) is 5.69 Å². The molecule has 5 N–H and O–H groups in total. The number of nitrogen functional groups attached to an aromatic ring is 1. The molecule has 0 spiro atoms. The molecule has 0 aliphatic carbocycles. The molecular formula is C12H14BrN3O3. The Morgan fingerprint density at radius 2 is 2.11 bits per heavy atom. The molecule has 1 aromatic carbocycles. The van der Waals surface area contributed by atoms with Crippen molar-refractivity contribution in [3.8, 4) is 0 Å². The van der Waals surface area contributed by atoms with Crippen LogP contribution >= 0.6 is 15.9 Å². The van der Waals surface area contributed by atoms with Gasteiger partial charge >= 0.3 is 0 Å². The number of aliphatic hydroxyl groups excluding tert-OH is 1. The van der Waals surface area contributed by atoms with E-state index in [1.165, 1.54) is 11.0 Å². The quantitative estimate of drug-likeness (QED) is 0.669. The molecule has 19 heavy (non-hydrogen) atoms. The van der Waals surface area contributed by atoms with Crippen molar-refractivity contribution in [1.82, 2.24) is 4.90 Å². The van der Waals surface area contributed by atoms with Gasteiger partial charge in [0.05, 0.1) is 6.10 Å². The van der Waals surface area contributed by atoms with Crippen LogP contribution in [0.1, 0.15) is 16.8 Å². The van der Waals surface area contributed by atoms with Gasteiger partial charge in [-0.1, -0.05) is 0 Å². The third kappa shape index (κ3) is 2.71. The highest BCUT2D eigenvalue weighted by atomic mass is 79.9. The van der Waals surface area contributed by atoms with Gasteiger partial charge < -0.3 is 21.5 Å². The van der Waals surface area contributed by atoms with E-state index in [1.807, 2.05) is 0 Å². The number of nitrogens with zero attached hydrogens (tertiary/aromatic N) is 1. The number of rotatable bonds is 2. The first-order chi connectivity index (χ1) is 8.90. The Labute approximate surface area is 118 Å². The highest BCUT2D eigenvalue weighted by molar-refractivity contribution is 9.10. The number of benzene rings is 1. The second kappa shape index (κ2) is 5.18. The van der Waals surface area contributed by atoms with Gasteiger partial charge in [0.15, 0.2) is 0 Å². The SMILES string of the molecule is NC(=O)C1CC(O)CN1C(=O)c1ccc(Br)c(N)c1. The molecule has 1 aromatic rings. The van der Waals surface area contributed by atoms with Crippen LogP contribution in [-0.4, -0.2) is 40.5 Å². The van der Waals surface area contributed by atoms with E-state index >= 15 is 0 Å². The van der Waals surface area contributed by atoms with Gasteiger partial charge in [-0.3, -0.25) is 9.59 Å². The van der Waals surface area contributed by atoms with Crippen molar-refractivity contribution in [2.24, 2.45) is 5.73 Å². The minimum Gasteiger partial charge on any atom is -0.398 e. The summed E-state index contributed by atoms with van der Waals surface area (Å²) in [6, 6.07) is 4.02. The number of halogens is 1. The van der Waals surface area contributed by atoms with Crippen LogP contribution in [0.2, 0.25) is 0 Å². The molecule has 1 aliphatic heterocycles. The molecule has 0 bridgehead atoms. The Balaban J connectivity index is 2.27. The lowest BCUT2D eigenvalue weighted by atomic mass is 10.1. The largest absolute Gasteiger partial charge is 0.398 e. The summed E-state index contributed by atoms with van der Waals surface area (Å²) in [6.45, 7) is 0.0996. The first kappa shape index (κ1) is 13.8. The summed E-state index contributed by atoms with van der Waals surface area (Å²) in [5.41, 5.74) is 11.8. The van der Waals surface area contributed by atoms with Crippen molar-refractivity contribution in [3.05, 3.63) is 28.2 Å². The fraction of sp³-hybridized carbons (Fsp3) is 0.333. The molecule has 1 heterocycles. The smallest absolute Gasteiger partial charge is 0.254 e. The summed E-state index contributed by atoms with van der Waals surface area (Å²) in [7, 11) is 0. The van der Waals surface area contributed by atoms with Crippen molar-refractivity contribution >= 4 is 33.4 Å². The second-order valence-corrected chi connectivity index (χ2v) is 5.36. The predicted octanol–water partition coefficient (Wildman–Crippen LogP) is 0.0920. The lowest BCUT2D eigenvalue weighted by molar-refractivity contribution is -0.121. The fourth-order valence-corrected chi connectivity index (χ4v) is 2.40. The molecule has 6 nitrogen and oxygen atoms in total. The van der Waals surface area contributed by atoms with Gasteiger partial charge in [0.1, 0.15) is 6.04 Å². The van der Waals surface area contributed by atoms with Crippen LogP contribution in [-0.2, 0) is 4.79 Å². The lowest BCUT2D eigenvalue weighted by Gasteiger charge is -2.22. The molecule has 0 radical (unpaired) electrons. The Bertz CT molecular complexity index is 535. The van der Waals surface area contributed by atoms with E-state index in [4.69, 9.17) is 11.5 Å². The number of carbonyl (C=O) groups excluding carboxylic acids is 2. The number of primary amides is 1. The molecule has 7 heteroatoms. The number of anilines is 1. The maximum Gasteiger partial charge on any atom is 0.254 e. The molecular weight excluding hydrogens is 314 g/mol. The van der Waals surface area contributed by atoms with Gasteiger partial charge in [-0.05, 0) is 34.1 Å². The van der Waals surface area contributed by atoms with Gasteiger partial charge in [0.2, 0.25) is 5.91 Å². The lowest BCUT2D eigenvalue weighted by Crippen LogP contribution is -2.43. The summed E-state index contributed by atoms with van der Waals surface area (Å²) in [6.07, 6.45) is -0.554. The zero-order chi connectivity index (χ0) is 14.2. The minimum absolute atomic E-state index is 0.0996. The average molecular weight is 328 g/mol. The van der Waals surface area contributed by atoms with E-state index in [1.54, 1.807) is 12.1 Å². The van der Waals surface area contributed by atoms with E-state index in [0.29, 0.717) is 15.7 Å². The van der Waals surface area contributed by atoms with Crippen LogP contribution < -0.4 is 11.5 Å². The van der Waals surface area contributed by atoms with Crippen molar-refractivity contribution in [2.45, 2.75) is 18.6 Å². The summed E-state index contributed by atoms with van der Waals surface area (Å²) in [5.74, 6) is -0.977. The van der Waals surface area contributed by atoms with Gasteiger partial charge in [-0.2, -0.15) is 0 Å². The molecule has 0 saturated carbocycles. The molecule has 102 valence electrons. The summed E-state index contributed by atoms with van der Waals surface area (Å²) >= 11 is 3.24. The molecule has 2 atom stereocenters.